The van der Waals surface area contributed by atoms with Gasteiger partial charge in [0.2, 0.25) is 15.9 Å². The maximum atomic E-state index is 13.1. The van der Waals surface area contributed by atoms with Crippen molar-refractivity contribution in [1.82, 2.24) is 19.8 Å². The third-order valence-corrected chi connectivity index (χ3v) is 8.19. The molecule has 0 aromatic heterocycles. The van der Waals surface area contributed by atoms with Gasteiger partial charge in [-0.3, -0.25) is 9.59 Å². The number of hydrogen-bond donors (Lipinski definition) is 3. The van der Waals surface area contributed by atoms with E-state index in [-0.39, 0.29) is 39.9 Å². The average Bonchev–Trinajstić information content (AvgIpc) is 3.39. The van der Waals surface area contributed by atoms with Crippen LogP contribution in [0.15, 0.2) is 17.0 Å². The summed E-state index contributed by atoms with van der Waals surface area (Å²) < 4.78 is 37.8. The largest absolute Gasteiger partial charge is 0.496 e. The number of likely N-dealkylation sites (tertiary alicyclic amines) is 2. The minimum Gasteiger partial charge on any atom is -0.496 e. The summed E-state index contributed by atoms with van der Waals surface area (Å²) >= 11 is 0. The number of carbonyl (C=O) groups excluding carboxylic acids is 2. The van der Waals surface area contributed by atoms with Crippen molar-refractivity contribution in [2.45, 2.75) is 49.1 Å². The minimum absolute atomic E-state index is 0.0148. The van der Waals surface area contributed by atoms with Crippen LogP contribution in [0.4, 0.5) is 5.69 Å². The SMILES string of the molecule is CNS(=O)(=O)c1cc(C(=O)NC2CCN(CCCC(=O)N3CCCC3)CC2OC)c(OC)cc1N. The standard InChI is InChI=1S/C23H37N5O6S/c1-25-35(31,32)21-13-16(19(33-2)14-17(21)24)23(30)26-18-8-12-27(15-20(18)34-3)9-6-7-22(29)28-10-4-5-11-28/h13-14,18,20,25H,4-12,15,24H2,1-3H3,(H,26,30). The smallest absolute Gasteiger partial charge is 0.255 e. The van der Waals surface area contributed by atoms with Crippen LogP contribution in [0.3, 0.4) is 0 Å². The Morgan fingerprint density at radius 1 is 1.17 bits per heavy atom. The van der Waals surface area contributed by atoms with Crippen LogP contribution in [-0.4, -0.2) is 96.2 Å². The van der Waals surface area contributed by atoms with Crippen LogP contribution < -0.4 is 20.5 Å². The lowest BCUT2D eigenvalue weighted by molar-refractivity contribution is -0.130. The van der Waals surface area contributed by atoms with E-state index in [0.717, 1.165) is 45.4 Å². The molecular formula is C23H37N5O6S. The number of rotatable bonds is 10. The van der Waals surface area contributed by atoms with Crippen molar-refractivity contribution in [2.75, 3.05) is 59.7 Å². The van der Waals surface area contributed by atoms with E-state index < -0.39 is 15.9 Å². The number of nitrogens with one attached hydrogen (secondary N) is 2. The minimum atomic E-state index is -3.86. The summed E-state index contributed by atoms with van der Waals surface area (Å²) in [5.41, 5.74) is 5.95. The highest BCUT2D eigenvalue weighted by Gasteiger charge is 2.32. The van der Waals surface area contributed by atoms with Gasteiger partial charge in [-0.15, -0.1) is 0 Å². The van der Waals surface area contributed by atoms with Crippen LogP contribution in [-0.2, 0) is 19.6 Å². The quantitative estimate of drug-likeness (QED) is 0.383. The van der Waals surface area contributed by atoms with Crippen LogP contribution in [0.2, 0.25) is 0 Å². The summed E-state index contributed by atoms with van der Waals surface area (Å²) in [6, 6.07) is 2.30. The lowest BCUT2D eigenvalue weighted by Crippen LogP contribution is -2.55. The Morgan fingerprint density at radius 3 is 2.51 bits per heavy atom. The highest BCUT2D eigenvalue weighted by molar-refractivity contribution is 7.89. The molecule has 2 aliphatic heterocycles. The van der Waals surface area contributed by atoms with Crippen molar-refractivity contribution in [2.24, 2.45) is 0 Å². The Labute approximate surface area is 207 Å². The molecule has 0 aliphatic carbocycles. The van der Waals surface area contributed by atoms with Gasteiger partial charge in [-0.2, -0.15) is 0 Å². The van der Waals surface area contributed by atoms with E-state index in [1.54, 1.807) is 7.11 Å². The predicted molar refractivity (Wildman–Crippen MR) is 132 cm³/mol. The number of benzene rings is 1. The van der Waals surface area contributed by atoms with E-state index in [2.05, 4.69) is 14.9 Å². The summed E-state index contributed by atoms with van der Waals surface area (Å²) in [7, 11) is 0.415. The van der Waals surface area contributed by atoms with Crippen LogP contribution >= 0.6 is 0 Å². The van der Waals surface area contributed by atoms with Crippen molar-refractivity contribution in [3.05, 3.63) is 17.7 Å². The van der Waals surface area contributed by atoms with Crippen LogP contribution in [0.25, 0.3) is 0 Å². The second kappa shape index (κ2) is 12.0. The third-order valence-electron chi connectivity index (χ3n) is 6.72. The van der Waals surface area contributed by atoms with Gasteiger partial charge in [0.1, 0.15) is 10.6 Å². The second-order valence-electron chi connectivity index (χ2n) is 8.93. The summed E-state index contributed by atoms with van der Waals surface area (Å²) in [6.07, 6.45) is 3.92. The van der Waals surface area contributed by atoms with Gasteiger partial charge in [0.15, 0.2) is 0 Å². The number of nitrogen functional groups attached to an aromatic ring is 1. The first-order valence-corrected chi connectivity index (χ1v) is 13.4. The number of amides is 2. The van der Waals surface area contributed by atoms with Gasteiger partial charge in [-0.1, -0.05) is 0 Å². The van der Waals surface area contributed by atoms with Crippen LogP contribution in [0.5, 0.6) is 5.75 Å². The molecular weight excluding hydrogens is 474 g/mol. The maximum absolute atomic E-state index is 13.1. The number of methoxy groups -OCH3 is 2. The van der Waals surface area contributed by atoms with Crippen molar-refractivity contribution in [3.63, 3.8) is 0 Å². The topological polar surface area (TPSA) is 143 Å². The zero-order valence-corrected chi connectivity index (χ0v) is 21.5. The predicted octanol–water partition coefficient (Wildman–Crippen LogP) is 0.407. The fourth-order valence-electron chi connectivity index (χ4n) is 4.68. The van der Waals surface area contributed by atoms with Gasteiger partial charge in [0.25, 0.3) is 5.91 Å². The number of carbonyl (C=O) groups is 2. The van der Waals surface area contributed by atoms with E-state index >= 15 is 0 Å². The number of ether oxygens (including phenoxy) is 2. The fourth-order valence-corrected chi connectivity index (χ4v) is 5.54. The molecule has 2 unspecified atom stereocenters. The fraction of sp³-hybridized carbons (Fsp3) is 0.652. The van der Waals surface area contributed by atoms with Gasteiger partial charge < -0.3 is 30.3 Å². The van der Waals surface area contributed by atoms with Gasteiger partial charge in [-0.05, 0) is 45.3 Å². The highest BCUT2D eigenvalue weighted by Crippen LogP contribution is 2.29. The molecule has 2 heterocycles. The van der Waals surface area contributed by atoms with E-state index in [9.17, 15) is 18.0 Å². The summed E-state index contributed by atoms with van der Waals surface area (Å²) in [6.45, 7) is 3.91. The van der Waals surface area contributed by atoms with Crippen molar-refractivity contribution in [1.29, 1.82) is 0 Å². The zero-order chi connectivity index (χ0) is 25.6. The first-order valence-electron chi connectivity index (χ1n) is 11.9. The van der Waals surface area contributed by atoms with Crippen molar-refractivity contribution < 1.29 is 27.5 Å². The molecule has 12 heteroatoms. The molecule has 196 valence electrons. The Balaban J connectivity index is 1.60. The van der Waals surface area contributed by atoms with Crippen molar-refractivity contribution >= 4 is 27.5 Å². The first kappa shape index (κ1) is 27.2. The summed E-state index contributed by atoms with van der Waals surface area (Å²) in [5.74, 6) is -0.0553. The number of anilines is 1. The number of nitrogens with zero attached hydrogens (tertiary/aromatic N) is 2. The number of piperidine rings is 1. The molecule has 1 aromatic rings. The molecule has 11 nitrogen and oxygen atoms in total. The molecule has 35 heavy (non-hydrogen) atoms. The molecule has 3 rings (SSSR count). The summed E-state index contributed by atoms with van der Waals surface area (Å²) in [5, 5.41) is 2.97. The van der Waals surface area contributed by atoms with E-state index in [0.29, 0.717) is 19.4 Å². The Hall–Kier alpha value is -2.41. The molecule has 0 saturated carbocycles. The average molecular weight is 512 g/mol. The lowest BCUT2D eigenvalue weighted by Gasteiger charge is -2.38. The molecule has 4 N–H and O–H groups in total. The Bertz CT molecular complexity index is 1010. The second-order valence-corrected chi connectivity index (χ2v) is 10.8. The third kappa shape index (κ3) is 6.63. The lowest BCUT2D eigenvalue weighted by atomic mass is 10.0. The van der Waals surface area contributed by atoms with Crippen molar-refractivity contribution in [3.8, 4) is 5.75 Å². The number of nitrogens with two attached hydrogens (primary N) is 1. The van der Waals surface area contributed by atoms with E-state index in [4.69, 9.17) is 15.2 Å². The number of sulfonamides is 1. The monoisotopic (exact) mass is 511 g/mol. The molecule has 1 aromatic carbocycles. The van der Waals surface area contributed by atoms with Gasteiger partial charge in [0.05, 0.1) is 30.5 Å². The van der Waals surface area contributed by atoms with Gasteiger partial charge in [-0.25, -0.2) is 13.1 Å². The molecule has 2 atom stereocenters. The number of hydrogen-bond acceptors (Lipinski definition) is 8. The molecule has 2 fully saturated rings. The normalized spacial score (nSPS) is 21.2. The maximum Gasteiger partial charge on any atom is 0.255 e. The van der Waals surface area contributed by atoms with Gasteiger partial charge in [0, 0.05) is 45.8 Å². The highest BCUT2D eigenvalue weighted by atomic mass is 32.2. The van der Waals surface area contributed by atoms with Crippen LogP contribution in [0.1, 0.15) is 42.5 Å². The zero-order valence-electron chi connectivity index (χ0n) is 20.7. The van der Waals surface area contributed by atoms with E-state index in [1.165, 1.54) is 26.3 Å². The Morgan fingerprint density at radius 2 is 1.89 bits per heavy atom. The van der Waals surface area contributed by atoms with Gasteiger partial charge >= 0.3 is 0 Å². The van der Waals surface area contributed by atoms with E-state index in [1.807, 2.05) is 4.90 Å². The molecule has 0 spiro atoms. The first-order chi connectivity index (χ1) is 16.7. The summed E-state index contributed by atoms with van der Waals surface area (Å²) in [4.78, 5) is 29.4. The molecule has 0 radical (unpaired) electrons. The van der Waals surface area contributed by atoms with Crippen LogP contribution in [0, 0.1) is 0 Å². The molecule has 2 aliphatic rings. The Kier molecular flexibility index (Phi) is 9.34. The molecule has 0 bridgehead atoms. The molecule has 2 saturated heterocycles. The molecule has 2 amide bonds.